The van der Waals surface area contributed by atoms with Gasteiger partial charge in [-0.15, -0.1) is 0 Å². The third kappa shape index (κ3) is 3.22. The van der Waals surface area contributed by atoms with E-state index in [4.69, 9.17) is 10.5 Å². The van der Waals surface area contributed by atoms with Crippen LogP contribution >= 0.6 is 0 Å². The minimum Gasteiger partial charge on any atom is -0.492 e. The molecule has 1 aromatic rings. The average molecular weight is 206 g/mol. The molecule has 0 unspecified atom stereocenters. The van der Waals surface area contributed by atoms with Crippen LogP contribution in [0.3, 0.4) is 0 Å². The Bertz CT molecular complexity index is 289. The van der Waals surface area contributed by atoms with Gasteiger partial charge in [-0.05, 0) is 25.1 Å². The highest BCUT2D eigenvalue weighted by atomic mass is 16.5. The standard InChI is InChI=1S/C12H18N2O/c13-11-6-7-14(10-11)8-9-15-12-4-2-1-3-5-12/h1-5,11H,6-10,13H2/t11-/m0/s1. The lowest BCUT2D eigenvalue weighted by molar-refractivity contribution is 0.236. The lowest BCUT2D eigenvalue weighted by atomic mass is 10.3. The summed E-state index contributed by atoms with van der Waals surface area (Å²) in [7, 11) is 0. The molecule has 1 aliphatic heterocycles. The summed E-state index contributed by atoms with van der Waals surface area (Å²) in [4.78, 5) is 2.35. The quantitative estimate of drug-likeness (QED) is 0.801. The number of hydrogen-bond donors (Lipinski definition) is 1. The summed E-state index contributed by atoms with van der Waals surface area (Å²) < 4.78 is 5.62. The molecule has 1 saturated heterocycles. The largest absolute Gasteiger partial charge is 0.492 e. The van der Waals surface area contributed by atoms with Crippen LogP contribution in [0.5, 0.6) is 5.75 Å². The van der Waals surface area contributed by atoms with E-state index in [0.29, 0.717) is 6.04 Å². The van der Waals surface area contributed by atoms with E-state index in [1.165, 1.54) is 0 Å². The van der Waals surface area contributed by atoms with Crippen molar-refractivity contribution in [3.05, 3.63) is 30.3 Å². The summed E-state index contributed by atoms with van der Waals surface area (Å²) in [5.74, 6) is 0.945. The zero-order valence-electron chi connectivity index (χ0n) is 8.93. The molecular formula is C12H18N2O. The minimum absolute atomic E-state index is 0.363. The number of nitrogens with two attached hydrogens (primary N) is 1. The number of rotatable bonds is 4. The first-order valence-corrected chi connectivity index (χ1v) is 5.50. The van der Waals surface area contributed by atoms with E-state index in [2.05, 4.69) is 4.90 Å². The first kappa shape index (κ1) is 10.5. The monoisotopic (exact) mass is 206 g/mol. The summed E-state index contributed by atoms with van der Waals surface area (Å²) in [6.45, 7) is 3.84. The molecule has 2 N–H and O–H groups in total. The van der Waals surface area contributed by atoms with Crippen LogP contribution in [0.15, 0.2) is 30.3 Å². The Labute approximate surface area is 90.8 Å². The maximum Gasteiger partial charge on any atom is 0.119 e. The van der Waals surface area contributed by atoms with Gasteiger partial charge in [-0.1, -0.05) is 18.2 Å². The van der Waals surface area contributed by atoms with Crippen LogP contribution in [-0.4, -0.2) is 37.2 Å². The maximum absolute atomic E-state index is 5.83. The zero-order chi connectivity index (χ0) is 10.5. The van der Waals surface area contributed by atoms with Crippen LogP contribution in [0.2, 0.25) is 0 Å². The first-order chi connectivity index (χ1) is 7.34. The number of hydrogen-bond acceptors (Lipinski definition) is 3. The van der Waals surface area contributed by atoms with Gasteiger partial charge >= 0.3 is 0 Å². The van der Waals surface area contributed by atoms with Crippen molar-refractivity contribution in [3.63, 3.8) is 0 Å². The molecule has 82 valence electrons. The number of ether oxygens (including phenoxy) is 1. The molecule has 0 spiro atoms. The Morgan fingerprint density at radius 1 is 1.33 bits per heavy atom. The molecule has 1 atom stereocenters. The van der Waals surface area contributed by atoms with Crippen molar-refractivity contribution < 1.29 is 4.74 Å². The van der Waals surface area contributed by atoms with Gasteiger partial charge in [-0.2, -0.15) is 0 Å². The maximum atomic E-state index is 5.83. The van der Waals surface area contributed by atoms with Crippen LogP contribution < -0.4 is 10.5 Å². The number of nitrogens with zero attached hydrogens (tertiary/aromatic N) is 1. The van der Waals surface area contributed by atoms with Gasteiger partial charge < -0.3 is 10.5 Å². The highest BCUT2D eigenvalue weighted by Gasteiger charge is 2.18. The summed E-state index contributed by atoms with van der Waals surface area (Å²) in [5, 5.41) is 0. The van der Waals surface area contributed by atoms with E-state index in [0.717, 1.165) is 38.4 Å². The summed E-state index contributed by atoms with van der Waals surface area (Å²) >= 11 is 0. The van der Waals surface area contributed by atoms with Crippen molar-refractivity contribution in [3.8, 4) is 5.75 Å². The molecule has 3 heteroatoms. The fourth-order valence-corrected chi connectivity index (χ4v) is 1.88. The van der Waals surface area contributed by atoms with Crippen molar-refractivity contribution in [2.75, 3.05) is 26.2 Å². The number of para-hydroxylation sites is 1. The Kier molecular flexibility index (Phi) is 3.59. The van der Waals surface area contributed by atoms with E-state index >= 15 is 0 Å². The normalized spacial score (nSPS) is 21.8. The third-order valence-electron chi connectivity index (χ3n) is 2.73. The second-order valence-corrected chi connectivity index (χ2v) is 4.01. The van der Waals surface area contributed by atoms with Gasteiger partial charge in [0.1, 0.15) is 12.4 Å². The summed E-state index contributed by atoms with van der Waals surface area (Å²) in [6, 6.07) is 10.3. The highest BCUT2D eigenvalue weighted by molar-refractivity contribution is 5.20. The molecule has 3 nitrogen and oxygen atoms in total. The molecule has 1 fully saturated rings. The highest BCUT2D eigenvalue weighted by Crippen LogP contribution is 2.09. The van der Waals surface area contributed by atoms with Crippen molar-refractivity contribution in [2.24, 2.45) is 5.73 Å². The number of benzene rings is 1. The molecule has 0 bridgehead atoms. The molecule has 0 radical (unpaired) electrons. The van der Waals surface area contributed by atoms with Crippen LogP contribution in [-0.2, 0) is 0 Å². The molecule has 15 heavy (non-hydrogen) atoms. The predicted octanol–water partition coefficient (Wildman–Crippen LogP) is 1.10. The van der Waals surface area contributed by atoms with Crippen molar-refractivity contribution in [1.29, 1.82) is 0 Å². The van der Waals surface area contributed by atoms with E-state index in [9.17, 15) is 0 Å². The lowest BCUT2D eigenvalue weighted by Crippen LogP contribution is -2.29. The molecule has 0 aromatic heterocycles. The van der Waals surface area contributed by atoms with Gasteiger partial charge in [0.05, 0.1) is 0 Å². The van der Waals surface area contributed by atoms with E-state index in [1.54, 1.807) is 0 Å². The SMILES string of the molecule is N[C@H]1CCN(CCOc2ccccc2)C1. The summed E-state index contributed by atoms with van der Waals surface area (Å²) in [5.41, 5.74) is 5.83. The van der Waals surface area contributed by atoms with Crippen LogP contribution in [0.1, 0.15) is 6.42 Å². The van der Waals surface area contributed by atoms with E-state index < -0.39 is 0 Å². The molecule has 2 rings (SSSR count). The number of likely N-dealkylation sites (tertiary alicyclic amines) is 1. The smallest absolute Gasteiger partial charge is 0.119 e. The Hall–Kier alpha value is -1.06. The fraction of sp³-hybridized carbons (Fsp3) is 0.500. The lowest BCUT2D eigenvalue weighted by Gasteiger charge is -2.15. The van der Waals surface area contributed by atoms with E-state index in [1.807, 2.05) is 30.3 Å². The molecule has 1 aliphatic rings. The first-order valence-electron chi connectivity index (χ1n) is 5.50. The molecular weight excluding hydrogens is 188 g/mol. The van der Waals surface area contributed by atoms with Gasteiger partial charge in [0.2, 0.25) is 0 Å². The second-order valence-electron chi connectivity index (χ2n) is 4.01. The van der Waals surface area contributed by atoms with Crippen LogP contribution in [0.25, 0.3) is 0 Å². The molecule has 1 heterocycles. The van der Waals surface area contributed by atoms with Gasteiger partial charge in [0.15, 0.2) is 0 Å². The Balaban J connectivity index is 1.67. The van der Waals surface area contributed by atoms with Gasteiger partial charge in [0.25, 0.3) is 0 Å². The molecule has 0 saturated carbocycles. The van der Waals surface area contributed by atoms with Crippen molar-refractivity contribution in [2.45, 2.75) is 12.5 Å². The minimum atomic E-state index is 0.363. The van der Waals surface area contributed by atoms with E-state index in [-0.39, 0.29) is 0 Å². The molecule has 1 aromatic carbocycles. The van der Waals surface area contributed by atoms with Crippen LogP contribution in [0.4, 0.5) is 0 Å². The van der Waals surface area contributed by atoms with Crippen LogP contribution in [0, 0.1) is 0 Å². The average Bonchev–Trinajstić information content (AvgIpc) is 2.66. The van der Waals surface area contributed by atoms with Gasteiger partial charge in [-0.25, -0.2) is 0 Å². The molecule has 0 amide bonds. The Morgan fingerprint density at radius 2 is 2.13 bits per heavy atom. The fourth-order valence-electron chi connectivity index (χ4n) is 1.88. The Morgan fingerprint density at radius 3 is 2.80 bits per heavy atom. The topological polar surface area (TPSA) is 38.5 Å². The van der Waals surface area contributed by atoms with Gasteiger partial charge in [0, 0.05) is 19.1 Å². The van der Waals surface area contributed by atoms with Crippen molar-refractivity contribution in [1.82, 2.24) is 4.90 Å². The van der Waals surface area contributed by atoms with Crippen molar-refractivity contribution >= 4 is 0 Å². The van der Waals surface area contributed by atoms with Gasteiger partial charge in [-0.3, -0.25) is 4.90 Å². The third-order valence-corrected chi connectivity index (χ3v) is 2.73. The predicted molar refractivity (Wildman–Crippen MR) is 61.0 cm³/mol. The second kappa shape index (κ2) is 5.14. The zero-order valence-corrected chi connectivity index (χ0v) is 8.93. The summed E-state index contributed by atoms with van der Waals surface area (Å²) in [6.07, 6.45) is 1.12. The molecule has 0 aliphatic carbocycles.